The second kappa shape index (κ2) is 7.02. The lowest BCUT2D eigenvalue weighted by atomic mass is 10.1. The van der Waals surface area contributed by atoms with E-state index >= 15 is 0 Å². The summed E-state index contributed by atoms with van der Waals surface area (Å²) in [5, 5.41) is 2.79. The van der Waals surface area contributed by atoms with Crippen molar-refractivity contribution < 1.29 is 19.1 Å². The van der Waals surface area contributed by atoms with Crippen LogP contribution in [0.25, 0.3) is 0 Å². The number of carbonyl (C=O) groups is 3. The maximum absolute atomic E-state index is 12.7. The van der Waals surface area contributed by atoms with E-state index in [2.05, 4.69) is 10.3 Å². The second-order valence-electron chi connectivity index (χ2n) is 5.73. The zero-order valence-corrected chi connectivity index (χ0v) is 14.6. The molecule has 2 aromatic rings. The number of para-hydroxylation sites is 2. The van der Waals surface area contributed by atoms with E-state index in [1.54, 1.807) is 43.6 Å². The Morgan fingerprint density at radius 1 is 1.40 bits per heavy atom. The minimum atomic E-state index is -0.571. The summed E-state index contributed by atoms with van der Waals surface area (Å²) < 4.78 is 5.15. The fourth-order valence-corrected chi connectivity index (χ4v) is 3.42. The molecule has 0 saturated carbocycles. The predicted molar refractivity (Wildman–Crippen MR) is 93.8 cm³/mol. The molecule has 1 aliphatic heterocycles. The van der Waals surface area contributed by atoms with Gasteiger partial charge in [0.1, 0.15) is 4.88 Å². The molecule has 0 bridgehead atoms. The standard InChI is InChI=1S/C17H17N3O4S/c1-10-7-14(21)19-12-5-3-4-6-13(12)20(10)15(22)8-24-17(23)16-11(2)18-9-25-16/h3-6,9-10H,7-8H2,1-2H3,(H,19,21). The Kier molecular flexibility index (Phi) is 4.80. The van der Waals surface area contributed by atoms with Gasteiger partial charge in [-0.2, -0.15) is 0 Å². The molecule has 0 radical (unpaired) electrons. The van der Waals surface area contributed by atoms with Crippen LogP contribution in [0.5, 0.6) is 0 Å². The van der Waals surface area contributed by atoms with E-state index in [1.807, 2.05) is 0 Å². The third-order valence-corrected chi connectivity index (χ3v) is 4.79. The Morgan fingerprint density at radius 3 is 2.88 bits per heavy atom. The first kappa shape index (κ1) is 17.1. The van der Waals surface area contributed by atoms with Gasteiger partial charge in [-0.05, 0) is 26.0 Å². The lowest BCUT2D eigenvalue weighted by Crippen LogP contribution is -2.41. The van der Waals surface area contributed by atoms with Crippen molar-refractivity contribution in [2.75, 3.05) is 16.8 Å². The number of rotatable bonds is 3. The number of esters is 1. The van der Waals surface area contributed by atoms with Gasteiger partial charge < -0.3 is 15.0 Å². The van der Waals surface area contributed by atoms with Gasteiger partial charge in [0.05, 0.1) is 22.6 Å². The van der Waals surface area contributed by atoms with Crippen LogP contribution in [0.15, 0.2) is 29.8 Å². The van der Waals surface area contributed by atoms with Gasteiger partial charge in [-0.25, -0.2) is 9.78 Å². The quantitative estimate of drug-likeness (QED) is 0.850. The highest BCUT2D eigenvalue weighted by Crippen LogP contribution is 2.31. The molecule has 0 fully saturated rings. The summed E-state index contributed by atoms with van der Waals surface area (Å²) in [4.78, 5) is 42.6. The van der Waals surface area contributed by atoms with E-state index in [1.165, 1.54) is 16.2 Å². The van der Waals surface area contributed by atoms with Crippen LogP contribution in [0, 0.1) is 6.92 Å². The lowest BCUT2D eigenvalue weighted by Gasteiger charge is -2.27. The fourth-order valence-electron chi connectivity index (χ4n) is 2.73. The maximum atomic E-state index is 12.7. The van der Waals surface area contributed by atoms with Crippen molar-refractivity contribution in [1.82, 2.24) is 4.98 Å². The van der Waals surface area contributed by atoms with Gasteiger partial charge in [0, 0.05) is 12.5 Å². The van der Waals surface area contributed by atoms with Gasteiger partial charge in [-0.1, -0.05) is 12.1 Å². The normalized spacial score (nSPS) is 16.6. The summed E-state index contributed by atoms with van der Waals surface area (Å²) in [5.41, 5.74) is 3.29. The smallest absolute Gasteiger partial charge is 0.350 e. The van der Waals surface area contributed by atoms with Crippen LogP contribution in [0.2, 0.25) is 0 Å². The van der Waals surface area contributed by atoms with Crippen LogP contribution in [0.1, 0.15) is 28.7 Å². The lowest BCUT2D eigenvalue weighted by molar-refractivity contribution is -0.122. The number of fused-ring (bicyclic) bond motifs is 1. The van der Waals surface area contributed by atoms with E-state index in [0.29, 0.717) is 21.9 Å². The number of carbonyl (C=O) groups excluding carboxylic acids is 3. The largest absolute Gasteiger partial charge is 0.451 e. The molecule has 25 heavy (non-hydrogen) atoms. The minimum Gasteiger partial charge on any atom is -0.451 e. The van der Waals surface area contributed by atoms with Crippen molar-refractivity contribution in [2.45, 2.75) is 26.3 Å². The molecule has 1 N–H and O–H groups in total. The minimum absolute atomic E-state index is 0.160. The molecule has 1 aromatic carbocycles. The molecule has 0 saturated heterocycles. The molecule has 2 amide bonds. The van der Waals surface area contributed by atoms with Gasteiger partial charge in [-0.3, -0.25) is 9.59 Å². The third-order valence-electron chi connectivity index (χ3n) is 3.89. The van der Waals surface area contributed by atoms with Gasteiger partial charge >= 0.3 is 5.97 Å². The Labute approximate surface area is 148 Å². The molecule has 2 heterocycles. The van der Waals surface area contributed by atoms with Gasteiger partial charge in [0.15, 0.2) is 6.61 Å². The third kappa shape index (κ3) is 3.53. The number of amides is 2. The summed E-state index contributed by atoms with van der Waals surface area (Å²) in [6, 6.07) is 6.71. The number of anilines is 2. The molecule has 0 aliphatic carbocycles. The summed E-state index contributed by atoms with van der Waals surface area (Å²) in [6.07, 6.45) is 0.169. The molecule has 8 heteroatoms. The van der Waals surface area contributed by atoms with Crippen LogP contribution in [-0.2, 0) is 14.3 Å². The van der Waals surface area contributed by atoms with Gasteiger partial charge in [-0.15, -0.1) is 11.3 Å². The molecule has 3 rings (SSSR count). The van der Waals surface area contributed by atoms with Crippen molar-refractivity contribution in [3.05, 3.63) is 40.3 Å². The number of nitrogens with one attached hydrogen (secondary N) is 1. The van der Waals surface area contributed by atoms with Crippen molar-refractivity contribution in [1.29, 1.82) is 0 Å². The van der Waals surface area contributed by atoms with Crippen LogP contribution in [0.3, 0.4) is 0 Å². The number of aryl methyl sites for hydroxylation is 1. The van der Waals surface area contributed by atoms with E-state index in [9.17, 15) is 14.4 Å². The Balaban J connectivity index is 1.77. The predicted octanol–water partition coefficient (Wildman–Crippen LogP) is 2.37. The summed E-state index contributed by atoms with van der Waals surface area (Å²) in [6.45, 7) is 3.09. The maximum Gasteiger partial charge on any atom is 0.350 e. The SMILES string of the molecule is Cc1ncsc1C(=O)OCC(=O)N1c2ccccc2NC(=O)CC1C. The Bertz CT molecular complexity index is 833. The number of benzene rings is 1. The highest BCUT2D eigenvalue weighted by atomic mass is 32.1. The molecule has 130 valence electrons. The number of thiazole rings is 1. The number of nitrogens with zero attached hydrogens (tertiary/aromatic N) is 2. The van der Waals surface area contributed by atoms with Crippen molar-refractivity contribution >= 4 is 40.5 Å². The number of hydrogen-bond acceptors (Lipinski definition) is 6. The summed E-state index contributed by atoms with van der Waals surface area (Å²) in [7, 11) is 0. The number of hydrogen-bond donors (Lipinski definition) is 1. The van der Waals surface area contributed by atoms with Crippen molar-refractivity contribution in [3.63, 3.8) is 0 Å². The van der Waals surface area contributed by atoms with Crippen molar-refractivity contribution in [2.24, 2.45) is 0 Å². The molecule has 0 spiro atoms. The van der Waals surface area contributed by atoms with E-state index < -0.39 is 12.6 Å². The molecule has 1 aromatic heterocycles. The molecular formula is C17H17N3O4S. The summed E-state index contributed by atoms with van der Waals surface area (Å²) in [5.74, 6) is -1.11. The molecule has 1 aliphatic rings. The van der Waals surface area contributed by atoms with E-state index in [0.717, 1.165) is 0 Å². The van der Waals surface area contributed by atoms with Crippen LogP contribution in [-0.4, -0.2) is 35.4 Å². The Hall–Kier alpha value is -2.74. The van der Waals surface area contributed by atoms with Crippen LogP contribution in [0.4, 0.5) is 11.4 Å². The average molecular weight is 359 g/mol. The first-order valence-electron chi connectivity index (χ1n) is 7.75. The molecule has 7 nitrogen and oxygen atoms in total. The van der Waals surface area contributed by atoms with Crippen molar-refractivity contribution in [3.8, 4) is 0 Å². The van der Waals surface area contributed by atoms with E-state index in [4.69, 9.17) is 4.74 Å². The number of aromatic nitrogens is 1. The average Bonchev–Trinajstić information content (AvgIpc) is 2.94. The summed E-state index contributed by atoms with van der Waals surface area (Å²) >= 11 is 1.17. The van der Waals surface area contributed by atoms with E-state index in [-0.39, 0.29) is 24.3 Å². The molecular weight excluding hydrogens is 342 g/mol. The van der Waals surface area contributed by atoms with Gasteiger partial charge in [0.2, 0.25) is 5.91 Å². The van der Waals surface area contributed by atoms with Gasteiger partial charge in [0.25, 0.3) is 5.91 Å². The molecule has 1 unspecified atom stereocenters. The highest BCUT2D eigenvalue weighted by molar-refractivity contribution is 7.11. The second-order valence-corrected chi connectivity index (χ2v) is 6.58. The monoisotopic (exact) mass is 359 g/mol. The fraction of sp³-hybridized carbons (Fsp3) is 0.294. The van der Waals surface area contributed by atoms with Crippen LogP contribution < -0.4 is 10.2 Å². The highest BCUT2D eigenvalue weighted by Gasteiger charge is 2.30. The van der Waals surface area contributed by atoms with Crippen LogP contribution >= 0.6 is 11.3 Å². The zero-order chi connectivity index (χ0) is 18.0. The first-order chi connectivity index (χ1) is 12.0. The topological polar surface area (TPSA) is 88.6 Å². The first-order valence-corrected chi connectivity index (χ1v) is 8.63. The molecule has 1 atom stereocenters. The Morgan fingerprint density at radius 2 is 2.16 bits per heavy atom. The zero-order valence-electron chi connectivity index (χ0n) is 13.8. The number of ether oxygens (including phenoxy) is 1.